The van der Waals surface area contributed by atoms with Crippen molar-refractivity contribution < 1.29 is 9.84 Å². The van der Waals surface area contributed by atoms with Gasteiger partial charge in [0.15, 0.2) is 0 Å². The predicted octanol–water partition coefficient (Wildman–Crippen LogP) is 0.794. The van der Waals surface area contributed by atoms with Gasteiger partial charge in [0, 0.05) is 12.0 Å². The molecule has 1 saturated heterocycles. The molecule has 1 rings (SSSR count). The molecule has 0 spiro atoms. The summed E-state index contributed by atoms with van der Waals surface area (Å²) in [4.78, 5) is 0. The lowest BCUT2D eigenvalue weighted by Crippen LogP contribution is -2.28. The third-order valence-corrected chi connectivity index (χ3v) is 2.38. The van der Waals surface area contributed by atoms with Gasteiger partial charge in [-0.2, -0.15) is 0 Å². The lowest BCUT2D eigenvalue weighted by molar-refractivity contribution is 0.0382. The fourth-order valence-corrected chi connectivity index (χ4v) is 1.08. The minimum absolute atomic E-state index is 0.0278. The van der Waals surface area contributed by atoms with Crippen molar-refractivity contribution >= 4 is 0 Å². The molecule has 1 N–H and O–H groups in total. The van der Waals surface area contributed by atoms with E-state index in [1.54, 1.807) is 0 Å². The number of hydrogen-bond donors (Lipinski definition) is 1. The van der Waals surface area contributed by atoms with Gasteiger partial charge >= 0.3 is 0 Å². The van der Waals surface area contributed by atoms with E-state index < -0.39 is 0 Å². The summed E-state index contributed by atoms with van der Waals surface area (Å²) >= 11 is 0. The van der Waals surface area contributed by atoms with Crippen LogP contribution < -0.4 is 0 Å². The van der Waals surface area contributed by atoms with Crippen molar-refractivity contribution in [3.63, 3.8) is 0 Å². The lowest BCUT2D eigenvalue weighted by Gasteiger charge is -2.23. The van der Waals surface area contributed by atoms with Gasteiger partial charge in [0.05, 0.1) is 12.7 Å². The first-order valence-corrected chi connectivity index (χ1v) is 3.41. The second kappa shape index (κ2) is 2.27. The Balaban J connectivity index is 2.56. The second-order valence-electron chi connectivity index (χ2n) is 3.08. The summed E-state index contributed by atoms with van der Waals surface area (Å²) in [5.74, 6) is 0. The highest BCUT2D eigenvalue weighted by Gasteiger charge is 2.35. The van der Waals surface area contributed by atoms with Crippen molar-refractivity contribution in [2.75, 3.05) is 13.2 Å². The monoisotopic (exact) mass is 130 g/mol. The van der Waals surface area contributed by atoms with E-state index >= 15 is 0 Å². The molecule has 54 valence electrons. The Bertz CT molecular complexity index is 103. The van der Waals surface area contributed by atoms with Gasteiger partial charge in [-0.25, -0.2) is 0 Å². The first-order chi connectivity index (χ1) is 4.19. The molecule has 0 aromatic carbocycles. The van der Waals surface area contributed by atoms with Gasteiger partial charge in [-0.1, -0.05) is 6.92 Å². The molecular formula is C7H14O2. The molecule has 2 nitrogen and oxygen atoms in total. The summed E-state index contributed by atoms with van der Waals surface area (Å²) in [6, 6.07) is 0. The minimum Gasteiger partial charge on any atom is -0.396 e. The Kier molecular flexibility index (Phi) is 1.78. The maximum absolute atomic E-state index is 8.92. The molecule has 0 aliphatic carbocycles. The quantitative estimate of drug-likeness (QED) is 0.568. The maximum Gasteiger partial charge on any atom is 0.0623 e. The van der Waals surface area contributed by atoms with Crippen molar-refractivity contribution in [2.24, 2.45) is 5.41 Å². The first kappa shape index (κ1) is 7.03. The fraction of sp³-hybridized carbons (Fsp3) is 1.00. The lowest BCUT2D eigenvalue weighted by atomic mass is 9.85. The number of hydrogen-bond acceptors (Lipinski definition) is 2. The fourth-order valence-electron chi connectivity index (χ4n) is 1.08. The highest BCUT2D eigenvalue weighted by atomic mass is 16.5. The van der Waals surface area contributed by atoms with Crippen molar-refractivity contribution in [3.05, 3.63) is 0 Å². The normalized spacial score (nSPS) is 43.7. The van der Waals surface area contributed by atoms with Gasteiger partial charge in [-0.3, -0.25) is 0 Å². The summed E-state index contributed by atoms with van der Waals surface area (Å²) < 4.78 is 5.30. The van der Waals surface area contributed by atoms with Crippen molar-refractivity contribution in [3.8, 4) is 0 Å². The number of aliphatic hydroxyl groups is 1. The Hall–Kier alpha value is -0.0800. The molecule has 0 aromatic heterocycles. The number of rotatable bonds is 1. The van der Waals surface area contributed by atoms with Crippen LogP contribution in [-0.2, 0) is 4.74 Å². The van der Waals surface area contributed by atoms with Crippen LogP contribution in [0.15, 0.2) is 0 Å². The Morgan fingerprint density at radius 2 is 2.44 bits per heavy atom. The molecule has 2 heteroatoms. The van der Waals surface area contributed by atoms with Crippen molar-refractivity contribution in [2.45, 2.75) is 26.4 Å². The van der Waals surface area contributed by atoms with Crippen LogP contribution in [0, 0.1) is 5.41 Å². The summed E-state index contributed by atoms with van der Waals surface area (Å²) in [6.45, 7) is 5.13. The molecule has 1 fully saturated rings. The highest BCUT2D eigenvalue weighted by Crippen LogP contribution is 2.33. The second-order valence-corrected chi connectivity index (χ2v) is 3.08. The van der Waals surface area contributed by atoms with E-state index in [4.69, 9.17) is 9.84 Å². The zero-order valence-electron chi connectivity index (χ0n) is 6.05. The SMILES string of the molecule is CC1OCC[C@]1(C)CO. The molecule has 1 aliphatic rings. The molecule has 0 aromatic rings. The molecule has 1 unspecified atom stereocenters. The van der Waals surface area contributed by atoms with Gasteiger partial charge < -0.3 is 9.84 Å². The zero-order valence-corrected chi connectivity index (χ0v) is 6.05. The van der Waals surface area contributed by atoms with Crippen LogP contribution in [0.2, 0.25) is 0 Å². The van der Waals surface area contributed by atoms with Crippen LogP contribution >= 0.6 is 0 Å². The number of ether oxygens (including phenoxy) is 1. The maximum atomic E-state index is 8.92. The largest absolute Gasteiger partial charge is 0.396 e. The smallest absolute Gasteiger partial charge is 0.0623 e. The average molecular weight is 130 g/mol. The third-order valence-electron chi connectivity index (χ3n) is 2.38. The molecule has 1 aliphatic heterocycles. The standard InChI is InChI=1S/C7H14O2/c1-6-7(2,5-8)3-4-9-6/h6,8H,3-5H2,1-2H3/t6?,7-/m1/s1. The van der Waals surface area contributed by atoms with Gasteiger partial charge in [0.1, 0.15) is 0 Å². The van der Waals surface area contributed by atoms with E-state index in [2.05, 4.69) is 6.92 Å². The zero-order chi connectivity index (χ0) is 6.91. The van der Waals surface area contributed by atoms with Crippen LogP contribution in [0.4, 0.5) is 0 Å². The van der Waals surface area contributed by atoms with Crippen LogP contribution in [0.1, 0.15) is 20.3 Å². The van der Waals surface area contributed by atoms with E-state index in [9.17, 15) is 0 Å². The minimum atomic E-state index is 0.0278. The summed E-state index contributed by atoms with van der Waals surface area (Å²) in [5, 5.41) is 8.92. The van der Waals surface area contributed by atoms with E-state index in [0.717, 1.165) is 13.0 Å². The predicted molar refractivity (Wildman–Crippen MR) is 35.2 cm³/mol. The van der Waals surface area contributed by atoms with Crippen LogP contribution in [0.3, 0.4) is 0 Å². The van der Waals surface area contributed by atoms with E-state index in [0.29, 0.717) is 0 Å². The molecule has 0 bridgehead atoms. The van der Waals surface area contributed by atoms with Gasteiger partial charge in [0.25, 0.3) is 0 Å². The summed E-state index contributed by atoms with van der Waals surface area (Å²) in [5.41, 5.74) is 0.0278. The van der Waals surface area contributed by atoms with E-state index in [1.807, 2.05) is 6.92 Å². The molecular weight excluding hydrogens is 116 g/mol. The Morgan fingerprint density at radius 1 is 1.78 bits per heavy atom. The summed E-state index contributed by atoms with van der Waals surface area (Å²) in [6.07, 6.45) is 1.22. The Labute approximate surface area is 55.8 Å². The van der Waals surface area contributed by atoms with E-state index in [-0.39, 0.29) is 18.1 Å². The average Bonchev–Trinajstić information content (AvgIpc) is 2.15. The Morgan fingerprint density at radius 3 is 2.67 bits per heavy atom. The van der Waals surface area contributed by atoms with Crippen LogP contribution in [-0.4, -0.2) is 24.4 Å². The highest BCUT2D eigenvalue weighted by molar-refractivity contribution is 4.84. The molecule has 0 amide bonds. The summed E-state index contributed by atoms with van der Waals surface area (Å²) in [7, 11) is 0. The molecule has 2 atom stereocenters. The topological polar surface area (TPSA) is 29.5 Å². The number of aliphatic hydroxyl groups excluding tert-OH is 1. The molecule has 0 saturated carbocycles. The first-order valence-electron chi connectivity index (χ1n) is 3.41. The van der Waals surface area contributed by atoms with Gasteiger partial charge in [-0.15, -0.1) is 0 Å². The van der Waals surface area contributed by atoms with Crippen molar-refractivity contribution in [1.29, 1.82) is 0 Å². The van der Waals surface area contributed by atoms with Crippen LogP contribution in [0.25, 0.3) is 0 Å². The van der Waals surface area contributed by atoms with E-state index in [1.165, 1.54) is 0 Å². The van der Waals surface area contributed by atoms with Crippen molar-refractivity contribution in [1.82, 2.24) is 0 Å². The molecule has 0 radical (unpaired) electrons. The third kappa shape index (κ3) is 1.10. The van der Waals surface area contributed by atoms with Gasteiger partial charge in [-0.05, 0) is 13.3 Å². The van der Waals surface area contributed by atoms with Gasteiger partial charge in [0.2, 0.25) is 0 Å². The molecule has 9 heavy (non-hydrogen) atoms. The van der Waals surface area contributed by atoms with Crippen LogP contribution in [0.5, 0.6) is 0 Å². The molecule has 1 heterocycles.